The van der Waals surface area contributed by atoms with E-state index < -0.39 is 0 Å². The van der Waals surface area contributed by atoms with E-state index in [0.717, 1.165) is 42.6 Å². The van der Waals surface area contributed by atoms with Crippen LogP contribution < -0.4 is 15.4 Å². The van der Waals surface area contributed by atoms with Crippen molar-refractivity contribution in [3.63, 3.8) is 0 Å². The fourth-order valence-electron chi connectivity index (χ4n) is 3.14. The summed E-state index contributed by atoms with van der Waals surface area (Å²) in [6, 6.07) is 6.03. The van der Waals surface area contributed by atoms with E-state index >= 15 is 0 Å². The Labute approximate surface area is 138 Å². The van der Waals surface area contributed by atoms with Gasteiger partial charge in [0.15, 0.2) is 0 Å². The fourth-order valence-corrected chi connectivity index (χ4v) is 3.14. The highest BCUT2D eigenvalue weighted by Crippen LogP contribution is 2.28. The minimum absolute atomic E-state index is 0.0603. The van der Waals surface area contributed by atoms with Crippen LogP contribution in [0.4, 0.5) is 0 Å². The Hall–Kier alpha value is -1.59. The number of ether oxygens (including phenoxy) is 1. The first-order valence-electron chi connectivity index (χ1n) is 8.38. The van der Waals surface area contributed by atoms with Gasteiger partial charge in [-0.3, -0.25) is 4.79 Å². The van der Waals surface area contributed by atoms with Gasteiger partial charge in [-0.15, -0.1) is 0 Å². The number of aliphatic hydroxyl groups excluding tert-OH is 1. The van der Waals surface area contributed by atoms with Crippen molar-refractivity contribution in [2.45, 2.75) is 45.1 Å². The highest BCUT2D eigenvalue weighted by molar-refractivity contribution is 5.78. The topological polar surface area (TPSA) is 70.6 Å². The zero-order chi connectivity index (χ0) is 16.7. The Balaban J connectivity index is 1.67. The van der Waals surface area contributed by atoms with Crippen LogP contribution >= 0.6 is 0 Å². The van der Waals surface area contributed by atoms with Gasteiger partial charge in [0.1, 0.15) is 12.4 Å². The molecule has 1 fully saturated rings. The van der Waals surface area contributed by atoms with Crippen LogP contribution in [0.25, 0.3) is 0 Å². The predicted molar refractivity (Wildman–Crippen MR) is 90.7 cm³/mol. The molecule has 1 aliphatic carbocycles. The zero-order valence-electron chi connectivity index (χ0n) is 14.2. The Morgan fingerprint density at radius 3 is 2.52 bits per heavy atom. The zero-order valence-corrected chi connectivity index (χ0v) is 14.2. The van der Waals surface area contributed by atoms with Crippen LogP contribution in [0.3, 0.4) is 0 Å². The predicted octanol–water partition coefficient (Wildman–Crippen LogP) is 1.69. The molecule has 1 aliphatic rings. The van der Waals surface area contributed by atoms with E-state index in [1.165, 1.54) is 0 Å². The first-order valence-corrected chi connectivity index (χ1v) is 8.38. The number of hydrogen-bond donors (Lipinski definition) is 3. The summed E-state index contributed by atoms with van der Waals surface area (Å²) in [5.41, 5.74) is 1.94. The second-order valence-electron chi connectivity index (χ2n) is 6.42. The third kappa shape index (κ3) is 4.94. The molecule has 1 aromatic carbocycles. The molecule has 23 heavy (non-hydrogen) atoms. The minimum atomic E-state index is -0.258. The number of carbonyl (C=O) groups excluding carboxylic acids is 1. The van der Waals surface area contributed by atoms with Gasteiger partial charge < -0.3 is 20.5 Å². The summed E-state index contributed by atoms with van der Waals surface area (Å²) in [6.45, 7) is 5.28. The molecular weight excluding hydrogens is 292 g/mol. The molecule has 0 unspecified atom stereocenters. The van der Waals surface area contributed by atoms with Crippen LogP contribution in [-0.2, 0) is 4.79 Å². The number of rotatable bonds is 8. The maximum atomic E-state index is 11.9. The summed E-state index contributed by atoms with van der Waals surface area (Å²) in [7, 11) is 0. The molecule has 0 radical (unpaired) electrons. The normalized spacial score (nSPS) is 16.3. The van der Waals surface area contributed by atoms with Crippen molar-refractivity contribution < 1.29 is 14.6 Å². The van der Waals surface area contributed by atoms with Gasteiger partial charge in [0, 0.05) is 5.54 Å². The number of aryl methyl sites for hydroxylation is 2. The van der Waals surface area contributed by atoms with E-state index in [1.807, 2.05) is 32.0 Å². The van der Waals surface area contributed by atoms with Gasteiger partial charge in [-0.05, 0) is 37.8 Å². The average molecular weight is 320 g/mol. The fraction of sp³-hybridized carbons (Fsp3) is 0.611. The third-order valence-electron chi connectivity index (χ3n) is 4.57. The van der Waals surface area contributed by atoms with Crippen molar-refractivity contribution in [2.75, 3.05) is 26.3 Å². The summed E-state index contributed by atoms with van der Waals surface area (Å²) in [5, 5.41) is 15.6. The van der Waals surface area contributed by atoms with Crippen molar-refractivity contribution in [1.82, 2.24) is 10.6 Å². The van der Waals surface area contributed by atoms with Gasteiger partial charge in [0.05, 0.1) is 19.7 Å². The molecule has 0 spiro atoms. The lowest BCUT2D eigenvalue weighted by atomic mass is 9.99. The van der Waals surface area contributed by atoms with Crippen LogP contribution in [0.15, 0.2) is 18.2 Å². The summed E-state index contributed by atoms with van der Waals surface area (Å²) in [6.07, 6.45) is 4.09. The van der Waals surface area contributed by atoms with E-state index in [0.29, 0.717) is 13.2 Å². The molecular formula is C18H28N2O3. The highest BCUT2D eigenvalue weighted by Gasteiger charge is 2.32. The maximum Gasteiger partial charge on any atom is 0.234 e. The molecule has 2 rings (SSSR count). The lowest BCUT2D eigenvalue weighted by molar-refractivity contribution is -0.120. The SMILES string of the molecule is Cc1cccc(C)c1OCCNC(=O)CNC1(CO)CCCC1. The van der Waals surface area contributed by atoms with E-state index in [2.05, 4.69) is 10.6 Å². The van der Waals surface area contributed by atoms with Crippen LogP contribution in [0.2, 0.25) is 0 Å². The van der Waals surface area contributed by atoms with Crippen LogP contribution in [0, 0.1) is 13.8 Å². The van der Waals surface area contributed by atoms with Crippen molar-refractivity contribution >= 4 is 5.91 Å². The Morgan fingerprint density at radius 2 is 1.91 bits per heavy atom. The molecule has 0 bridgehead atoms. The van der Waals surface area contributed by atoms with Crippen molar-refractivity contribution in [3.8, 4) is 5.75 Å². The van der Waals surface area contributed by atoms with E-state index in [-0.39, 0.29) is 24.6 Å². The average Bonchev–Trinajstić information content (AvgIpc) is 3.01. The maximum absolute atomic E-state index is 11.9. The molecule has 0 saturated heterocycles. The number of benzene rings is 1. The first kappa shape index (κ1) is 17.8. The molecule has 0 aromatic heterocycles. The Bertz CT molecular complexity index is 505. The number of nitrogens with one attached hydrogen (secondary N) is 2. The Morgan fingerprint density at radius 1 is 1.26 bits per heavy atom. The second kappa shape index (κ2) is 8.31. The van der Waals surface area contributed by atoms with Crippen LogP contribution in [0.5, 0.6) is 5.75 Å². The lowest BCUT2D eigenvalue weighted by Crippen LogP contribution is -2.50. The van der Waals surface area contributed by atoms with E-state index in [4.69, 9.17) is 4.74 Å². The van der Waals surface area contributed by atoms with Gasteiger partial charge in [0.2, 0.25) is 5.91 Å². The molecule has 3 N–H and O–H groups in total. The molecule has 1 aromatic rings. The number of carbonyl (C=O) groups is 1. The third-order valence-corrected chi connectivity index (χ3v) is 4.57. The van der Waals surface area contributed by atoms with E-state index in [9.17, 15) is 9.90 Å². The molecule has 0 aliphatic heterocycles. The number of aliphatic hydroxyl groups is 1. The van der Waals surface area contributed by atoms with Gasteiger partial charge in [-0.2, -0.15) is 0 Å². The Kier molecular flexibility index (Phi) is 6.42. The van der Waals surface area contributed by atoms with E-state index in [1.54, 1.807) is 0 Å². The quantitative estimate of drug-likeness (QED) is 0.638. The van der Waals surface area contributed by atoms with Crippen LogP contribution in [-0.4, -0.2) is 42.9 Å². The summed E-state index contributed by atoms with van der Waals surface area (Å²) in [4.78, 5) is 11.9. The van der Waals surface area contributed by atoms with Crippen molar-refractivity contribution in [1.29, 1.82) is 0 Å². The van der Waals surface area contributed by atoms with Crippen molar-refractivity contribution in [3.05, 3.63) is 29.3 Å². The molecule has 1 saturated carbocycles. The molecule has 0 atom stereocenters. The van der Waals surface area contributed by atoms with Crippen LogP contribution in [0.1, 0.15) is 36.8 Å². The number of amides is 1. The lowest BCUT2D eigenvalue weighted by Gasteiger charge is -2.27. The highest BCUT2D eigenvalue weighted by atomic mass is 16.5. The molecule has 5 nitrogen and oxygen atoms in total. The summed E-state index contributed by atoms with van der Waals surface area (Å²) >= 11 is 0. The molecule has 5 heteroatoms. The monoisotopic (exact) mass is 320 g/mol. The first-order chi connectivity index (χ1) is 11.1. The largest absolute Gasteiger partial charge is 0.491 e. The number of para-hydroxylation sites is 1. The number of hydrogen-bond acceptors (Lipinski definition) is 4. The van der Waals surface area contributed by atoms with Gasteiger partial charge >= 0.3 is 0 Å². The van der Waals surface area contributed by atoms with Gasteiger partial charge in [-0.1, -0.05) is 31.0 Å². The van der Waals surface area contributed by atoms with Gasteiger partial charge in [0.25, 0.3) is 0 Å². The smallest absolute Gasteiger partial charge is 0.234 e. The summed E-state index contributed by atoms with van der Waals surface area (Å²) < 4.78 is 5.76. The molecule has 128 valence electrons. The van der Waals surface area contributed by atoms with Gasteiger partial charge in [-0.25, -0.2) is 0 Å². The minimum Gasteiger partial charge on any atom is -0.491 e. The standard InChI is InChI=1S/C18H28N2O3/c1-14-6-5-7-15(2)17(14)23-11-10-19-16(22)12-20-18(13-21)8-3-4-9-18/h5-7,20-21H,3-4,8-13H2,1-2H3,(H,19,22). The molecule has 1 amide bonds. The second-order valence-corrected chi connectivity index (χ2v) is 6.42. The molecule has 0 heterocycles. The summed E-state index contributed by atoms with van der Waals surface area (Å²) in [5.74, 6) is 0.833. The van der Waals surface area contributed by atoms with Crippen molar-refractivity contribution in [2.24, 2.45) is 0 Å².